The number of hydrogen-bond donors (Lipinski definition) is 2. The number of nitrogens with one attached hydrogen (secondary N) is 2. The van der Waals surface area contributed by atoms with Gasteiger partial charge in [0.25, 0.3) is 0 Å². The fraction of sp³-hybridized carbons (Fsp3) is 0.444. The molecule has 1 aromatic heterocycles. The molecule has 0 unspecified atom stereocenters. The van der Waals surface area contributed by atoms with Gasteiger partial charge in [0.2, 0.25) is 5.91 Å². The number of methoxy groups -OCH3 is 1. The molecule has 1 heterocycles. The molecule has 0 spiro atoms. The summed E-state index contributed by atoms with van der Waals surface area (Å²) in [6.45, 7) is 1.16. The lowest BCUT2D eigenvalue weighted by atomic mass is 10.1. The van der Waals surface area contributed by atoms with E-state index in [-0.39, 0.29) is 5.69 Å². The predicted octanol–water partition coefficient (Wildman–Crippen LogP) is -0.370. The van der Waals surface area contributed by atoms with Gasteiger partial charge in [0.05, 0.1) is 14.8 Å². The van der Waals surface area contributed by atoms with Crippen LogP contribution in [0, 0.1) is 0 Å². The van der Waals surface area contributed by atoms with E-state index < -0.39 is 24.3 Å². The average Bonchev–Trinajstić information content (AvgIpc) is 2.79. The number of amides is 1. The van der Waals surface area contributed by atoms with Gasteiger partial charge in [0.1, 0.15) is 6.02 Å². The van der Waals surface area contributed by atoms with Crippen molar-refractivity contribution in [2.24, 2.45) is 0 Å². The summed E-state index contributed by atoms with van der Waals surface area (Å²) in [5, 5.41) is 2.11. The molecule has 0 radical (unpaired) electrons. The molecule has 1 rings (SSSR count). The van der Waals surface area contributed by atoms with Crippen LogP contribution in [0.3, 0.4) is 0 Å². The van der Waals surface area contributed by atoms with E-state index in [4.69, 9.17) is 2.74 Å². The third-order valence-electron chi connectivity index (χ3n) is 1.54. The number of hydrogen-bond acceptors (Lipinski definition) is 4. The zero-order chi connectivity index (χ0) is 13.1. The van der Waals surface area contributed by atoms with E-state index in [1.165, 1.54) is 12.5 Å². The summed E-state index contributed by atoms with van der Waals surface area (Å²) >= 11 is 0. The molecule has 0 saturated heterocycles. The molecule has 0 aliphatic heterocycles. The van der Waals surface area contributed by atoms with Crippen molar-refractivity contribution in [2.75, 3.05) is 7.11 Å². The Morgan fingerprint density at radius 1 is 1.87 bits per heavy atom. The smallest absolute Gasteiger partial charge is 0.328 e. The number of imidazole rings is 1. The van der Waals surface area contributed by atoms with Crippen LogP contribution >= 0.6 is 0 Å². The number of ether oxygens (including phenoxy) is 1. The monoisotopic (exact) mass is 213 g/mol. The second-order valence-electron chi connectivity index (χ2n) is 2.74. The molecule has 0 aliphatic carbocycles. The number of esters is 1. The second kappa shape index (κ2) is 5.14. The third kappa shape index (κ3) is 3.41. The lowest BCUT2D eigenvalue weighted by Gasteiger charge is -2.13. The van der Waals surface area contributed by atoms with E-state index in [2.05, 4.69) is 20.0 Å². The molecule has 1 aromatic rings. The van der Waals surface area contributed by atoms with Gasteiger partial charge in [-0.1, -0.05) is 0 Å². The van der Waals surface area contributed by atoms with Crippen LogP contribution in [0.15, 0.2) is 12.5 Å². The van der Waals surface area contributed by atoms with Gasteiger partial charge in [0.15, 0.2) is 0 Å². The number of aromatic nitrogens is 2. The minimum absolute atomic E-state index is 0.235. The molecule has 0 bridgehead atoms. The molecule has 6 heteroatoms. The van der Waals surface area contributed by atoms with Crippen LogP contribution in [0.2, 0.25) is 0 Å². The molecule has 0 fully saturated rings. The molecule has 2 atom stereocenters. The molecule has 0 aliphatic rings. The molecule has 82 valence electrons. The van der Waals surface area contributed by atoms with E-state index in [0.717, 1.165) is 14.0 Å². The molecule has 2 N–H and O–H groups in total. The number of rotatable bonds is 4. The van der Waals surface area contributed by atoms with Gasteiger partial charge < -0.3 is 15.0 Å². The molecular formula is C9H13N3O3. The van der Waals surface area contributed by atoms with Crippen molar-refractivity contribution in [3.8, 4) is 0 Å². The fourth-order valence-corrected chi connectivity index (χ4v) is 0.947. The summed E-state index contributed by atoms with van der Waals surface area (Å²) in [5.74, 6) is -1.61. The number of H-pyrrole nitrogens is 1. The first-order valence-electron chi connectivity index (χ1n) is 5.27. The van der Waals surface area contributed by atoms with Crippen molar-refractivity contribution in [3.05, 3.63) is 18.2 Å². The van der Waals surface area contributed by atoms with E-state index in [9.17, 15) is 9.59 Å². The van der Waals surface area contributed by atoms with Crippen molar-refractivity contribution in [2.45, 2.75) is 19.3 Å². The van der Waals surface area contributed by atoms with Crippen molar-refractivity contribution in [3.63, 3.8) is 0 Å². The Morgan fingerprint density at radius 2 is 2.60 bits per heavy atom. The number of carbonyl (C=O) groups excluding carboxylic acids is 2. The maximum absolute atomic E-state index is 11.5. The van der Waals surface area contributed by atoms with Crippen molar-refractivity contribution >= 4 is 11.9 Å². The maximum Gasteiger partial charge on any atom is 0.328 e. The normalized spacial score (nSPS) is 18.0. The summed E-state index contributed by atoms with van der Waals surface area (Å²) < 4.78 is 20.2. The topological polar surface area (TPSA) is 84.1 Å². The molecule has 1 amide bonds. The highest BCUT2D eigenvalue weighted by atomic mass is 16.5. The summed E-state index contributed by atoms with van der Waals surface area (Å²) in [4.78, 5) is 28.8. The molecule has 15 heavy (non-hydrogen) atoms. The Balaban J connectivity index is 3.05. The second-order valence-corrected chi connectivity index (χ2v) is 2.74. The third-order valence-corrected chi connectivity index (χ3v) is 1.54. The lowest BCUT2D eigenvalue weighted by Crippen LogP contribution is -2.42. The minimum Gasteiger partial charge on any atom is -0.467 e. The maximum atomic E-state index is 11.5. The van der Waals surface area contributed by atoms with Crippen LogP contribution in [0.25, 0.3) is 0 Å². The first-order chi connectivity index (χ1) is 7.91. The molecule has 6 nitrogen and oxygen atoms in total. The summed E-state index contributed by atoms with van der Waals surface area (Å²) in [6, 6.07) is -2.20. The van der Waals surface area contributed by atoms with Crippen molar-refractivity contribution in [1.29, 1.82) is 0 Å². The van der Waals surface area contributed by atoms with Gasteiger partial charge in [0, 0.05) is 26.6 Å². The van der Waals surface area contributed by atoms with Gasteiger partial charge in [-0.25, -0.2) is 9.78 Å². The molecule has 0 saturated carbocycles. The van der Waals surface area contributed by atoms with Gasteiger partial charge >= 0.3 is 5.97 Å². The Bertz CT molecular complexity index is 410. The van der Waals surface area contributed by atoms with E-state index in [1.807, 2.05) is 0 Å². The first kappa shape index (κ1) is 8.46. The van der Waals surface area contributed by atoms with Crippen LogP contribution < -0.4 is 5.32 Å². The van der Waals surface area contributed by atoms with Crippen LogP contribution in [-0.2, 0) is 20.7 Å². The SMILES string of the molecule is [2H][C@H](c1cnc[nH]1)[C@]([2H])(NC(C)=O)C(=O)OC. The minimum atomic E-state index is -2.20. The number of nitrogens with zero attached hydrogens (tertiary/aromatic N) is 1. The van der Waals surface area contributed by atoms with Gasteiger partial charge in [-0.3, -0.25) is 4.79 Å². The Hall–Kier alpha value is -1.85. The highest BCUT2D eigenvalue weighted by molar-refractivity contribution is 5.83. The van der Waals surface area contributed by atoms with Crippen molar-refractivity contribution in [1.82, 2.24) is 15.3 Å². The van der Waals surface area contributed by atoms with Gasteiger partial charge in [-0.2, -0.15) is 0 Å². The predicted molar refractivity (Wildman–Crippen MR) is 51.9 cm³/mol. The van der Waals surface area contributed by atoms with E-state index in [1.54, 1.807) is 0 Å². The van der Waals surface area contributed by atoms with Gasteiger partial charge in [-0.15, -0.1) is 0 Å². The molecule has 0 aromatic carbocycles. The van der Waals surface area contributed by atoms with Crippen LogP contribution in [0.4, 0.5) is 0 Å². The highest BCUT2D eigenvalue weighted by Crippen LogP contribution is 2.00. The lowest BCUT2D eigenvalue weighted by molar-refractivity contribution is -0.144. The van der Waals surface area contributed by atoms with Crippen molar-refractivity contribution < 1.29 is 17.1 Å². The van der Waals surface area contributed by atoms with E-state index >= 15 is 0 Å². The first-order valence-corrected chi connectivity index (χ1v) is 4.19. The van der Waals surface area contributed by atoms with Crippen LogP contribution in [0.5, 0.6) is 0 Å². The number of carbonyl (C=O) groups is 2. The Labute approximate surface area is 89.8 Å². The number of aromatic amines is 1. The van der Waals surface area contributed by atoms with Crippen LogP contribution in [0.1, 0.15) is 15.4 Å². The van der Waals surface area contributed by atoms with E-state index in [0.29, 0.717) is 0 Å². The quantitative estimate of drug-likeness (QED) is 0.668. The Kier molecular flexibility index (Phi) is 2.90. The molecular weight excluding hydrogens is 198 g/mol. The average molecular weight is 213 g/mol. The zero-order valence-electron chi connectivity index (χ0n) is 10.4. The summed E-state index contributed by atoms with van der Waals surface area (Å²) in [5.41, 5.74) is 0.235. The standard InChI is InChI=1S/C9H13N3O3/c1-6(13)12-8(9(14)15-2)3-7-4-10-5-11-7/h4-5,8H,3H2,1-2H3,(H,10,11)(H,12,13)/t8-/m0/s1/i3D,8D/t3-,8+/m1. The zero-order valence-corrected chi connectivity index (χ0v) is 8.40. The van der Waals surface area contributed by atoms with Crippen LogP contribution in [-0.4, -0.2) is 35.0 Å². The highest BCUT2D eigenvalue weighted by Gasteiger charge is 2.20. The summed E-state index contributed by atoms with van der Waals surface area (Å²) in [6.07, 6.45) is 1.27. The summed E-state index contributed by atoms with van der Waals surface area (Å²) in [7, 11) is 1.09. The Morgan fingerprint density at radius 3 is 3.07 bits per heavy atom. The largest absolute Gasteiger partial charge is 0.467 e. The fourth-order valence-electron chi connectivity index (χ4n) is 0.947. The van der Waals surface area contributed by atoms with Gasteiger partial charge in [-0.05, 0) is 0 Å².